The van der Waals surface area contributed by atoms with E-state index in [0.29, 0.717) is 28.4 Å². The molecule has 8 heteroatoms. The molecule has 0 heterocycles. The molecular formula is C26H26FNO6. The molecular weight excluding hydrogens is 441 g/mol. The number of para-hydroxylation sites is 1. The fraction of sp³-hybridized carbons (Fsp3) is 0.231. The highest BCUT2D eigenvalue weighted by molar-refractivity contribution is 5.77. The molecule has 0 fully saturated rings. The zero-order chi connectivity index (χ0) is 24.5. The van der Waals surface area contributed by atoms with E-state index in [0.717, 1.165) is 0 Å². The summed E-state index contributed by atoms with van der Waals surface area (Å²) in [4.78, 5) is 24.0. The highest BCUT2D eigenvalue weighted by Gasteiger charge is 2.11. The topological polar surface area (TPSA) is 85.3 Å². The van der Waals surface area contributed by atoms with Crippen LogP contribution in [0.3, 0.4) is 0 Å². The molecule has 0 unspecified atom stereocenters. The van der Waals surface area contributed by atoms with Crippen LogP contribution in [0, 0.1) is 5.82 Å². The summed E-state index contributed by atoms with van der Waals surface area (Å²) in [6.07, 6.45) is 0.157. The van der Waals surface area contributed by atoms with Crippen LogP contribution in [0.5, 0.6) is 23.0 Å². The maximum atomic E-state index is 14.4. The number of carbonyl (C=O) groups excluding carboxylic acids is 1. The van der Waals surface area contributed by atoms with Gasteiger partial charge in [0.2, 0.25) is 0 Å². The second-order valence-corrected chi connectivity index (χ2v) is 7.75. The van der Waals surface area contributed by atoms with Crippen molar-refractivity contribution in [2.45, 2.75) is 19.4 Å². The zero-order valence-electron chi connectivity index (χ0n) is 19.0. The molecule has 0 radical (unpaired) electrons. The van der Waals surface area contributed by atoms with E-state index in [4.69, 9.17) is 19.3 Å². The van der Waals surface area contributed by atoms with Crippen LogP contribution in [0.15, 0.2) is 66.7 Å². The number of carbonyl (C=O) groups is 2. The van der Waals surface area contributed by atoms with Crippen LogP contribution >= 0.6 is 0 Å². The molecule has 0 atom stereocenters. The molecule has 0 saturated heterocycles. The number of aryl methyl sites for hydroxylation is 1. The van der Waals surface area contributed by atoms with Gasteiger partial charge in [0.05, 0.1) is 0 Å². The van der Waals surface area contributed by atoms with Crippen molar-refractivity contribution in [3.63, 3.8) is 0 Å². The number of hydrogen-bond donors (Lipinski definition) is 1. The van der Waals surface area contributed by atoms with Gasteiger partial charge in [-0.3, -0.25) is 9.59 Å². The maximum Gasteiger partial charge on any atom is 0.303 e. The lowest BCUT2D eigenvalue weighted by molar-refractivity contribution is -0.137. The summed E-state index contributed by atoms with van der Waals surface area (Å²) in [5, 5.41) is 8.78. The average Bonchev–Trinajstić information content (AvgIpc) is 2.81. The molecule has 0 bridgehead atoms. The molecule has 1 N–H and O–H groups in total. The molecule has 178 valence electrons. The fourth-order valence-electron chi connectivity index (χ4n) is 2.98. The van der Waals surface area contributed by atoms with Gasteiger partial charge in [0.15, 0.2) is 18.2 Å². The number of hydrogen-bond acceptors (Lipinski definition) is 5. The number of aliphatic carboxylic acids is 1. The number of amides is 1. The Kier molecular flexibility index (Phi) is 8.45. The maximum absolute atomic E-state index is 14.4. The zero-order valence-corrected chi connectivity index (χ0v) is 19.0. The van der Waals surface area contributed by atoms with Gasteiger partial charge in [-0.2, -0.15) is 0 Å². The van der Waals surface area contributed by atoms with E-state index >= 15 is 0 Å². The van der Waals surface area contributed by atoms with Gasteiger partial charge in [-0.15, -0.1) is 0 Å². The van der Waals surface area contributed by atoms with E-state index in [9.17, 15) is 14.0 Å². The van der Waals surface area contributed by atoms with Gasteiger partial charge < -0.3 is 24.2 Å². The first-order valence-electron chi connectivity index (χ1n) is 10.6. The molecule has 0 spiro atoms. The smallest absolute Gasteiger partial charge is 0.303 e. The molecule has 0 aliphatic carbocycles. The number of ether oxygens (including phenoxy) is 3. The van der Waals surface area contributed by atoms with Crippen molar-refractivity contribution < 1.29 is 33.3 Å². The van der Waals surface area contributed by atoms with Crippen molar-refractivity contribution in [3.05, 3.63) is 83.7 Å². The van der Waals surface area contributed by atoms with Crippen LogP contribution in [-0.2, 0) is 22.6 Å². The van der Waals surface area contributed by atoms with Crippen LogP contribution in [0.2, 0.25) is 0 Å². The molecule has 0 aromatic heterocycles. The summed E-state index contributed by atoms with van der Waals surface area (Å²) in [6.45, 7) is -0.121. The van der Waals surface area contributed by atoms with Gasteiger partial charge in [-0.25, -0.2) is 4.39 Å². The van der Waals surface area contributed by atoms with E-state index in [1.54, 1.807) is 50.5 Å². The monoisotopic (exact) mass is 467 g/mol. The van der Waals surface area contributed by atoms with E-state index in [1.165, 1.54) is 17.0 Å². The first-order chi connectivity index (χ1) is 16.3. The van der Waals surface area contributed by atoms with Gasteiger partial charge >= 0.3 is 5.97 Å². The molecule has 7 nitrogen and oxygen atoms in total. The molecule has 34 heavy (non-hydrogen) atoms. The fourth-order valence-corrected chi connectivity index (χ4v) is 2.98. The molecule has 0 saturated carbocycles. The summed E-state index contributed by atoms with van der Waals surface area (Å²) in [5.41, 5.74) is 1.22. The molecule has 3 rings (SSSR count). The number of rotatable bonds is 11. The third-order valence-corrected chi connectivity index (χ3v) is 4.80. The lowest BCUT2D eigenvalue weighted by Gasteiger charge is -2.15. The van der Waals surface area contributed by atoms with E-state index in [-0.39, 0.29) is 37.7 Å². The lowest BCUT2D eigenvalue weighted by atomic mass is 10.1. The minimum Gasteiger partial charge on any atom is -0.486 e. The van der Waals surface area contributed by atoms with Gasteiger partial charge in [0.25, 0.3) is 5.91 Å². The Labute approximate surface area is 197 Å². The molecule has 0 aliphatic rings. The van der Waals surface area contributed by atoms with Crippen LogP contribution < -0.4 is 14.2 Å². The Bertz CT molecular complexity index is 1130. The summed E-state index contributed by atoms with van der Waals surface area (Å²) in [7, 11) is 3.28. The van der Waals surface area contributed by atoms with Gasteiger partial charge in [0, 0.05) is 26.6 Å². The first kappa shape index (κ1) is 24.6. The quantitative estimate of drug-likeness (QED) is 0.441. The van der Waals surface area contributed by atoms with Crippen molar-refractivity contribution in [1.82, 2.24) is 4.90 Å². The second-order valence-electron chi connectivity index (χ2n) is 7.75. The third-order valence-electron chi connectivity index (χ3n) is 4.80. The number of carboxylic acid groups (broad SMARTS) is 1. The minimum atomic E-state index is -0.941. The lowest BCUT2D eigenvalue weighted by Crippen LogP contribution is -2.27. The Morgan fingerprint density at radius 1 is 0.882 bits per heavy atom. The first-order valence-corrected chi connectivity index (χ1v) is 10.6. The van der Waals surface area contributed by atoms with Crippen molar-refractivity contribution in [2.24, 2.45) is 0 Å². The Morgan fingerprint density at radius 2 is 1.62 bits per heavy atom. The minimum absolute atomic E-state index is 0.0232. The summed E-state index contributed by atoms with van der Waals surface area (Å²) in [5.74, 6) is -0.165. The number of carboxylic acids is 1. The highest BCUT2D eigenvalue weighted by Crippen LogP contribution is 2.29. The molecule has 3 aromatic carbocycles. The molecule has 3 aromatic rings. The van der Waals surface area contributed by atoms with Gasteiger partial charge in [-0.1, -0.05) is 24.3 Å². The number of benzene rings is 3. The van der Waals surface area contributed by atoms with Gasteiger partial charge in [-0.05, 0) is 53.9 Å². The number of halogens is 1. The van der Waals surface area contributed by atoms with Crippen molar-refractivity contribution in [2.75, 3.05) is 20.7 Å². The average molecular weight is 467 g/mol. The molecule has 0 aliphatic heterocycles. The number of nitrogens with zero attached hydrogens (tertiary/aromatic N) is 1. The Hall–Kier alpha value is -4.07. The second kappa shape index (κ2) is 11.7. The van der Waals surface area contributed by atoms with Crippen LogP contribution in [0.1, 0.15) is 17.5 Å². The summed E-state index contributed by atoms with van der Waals surface area (Å²) < 4.78 is 31.6. The normalized spacial score (nSPS) is 10.4. The van der Waals surface area contributed by atoms with Crippen molar-refractivity contribution >= 4 is 11.9 Å². The Morgan fingerprint density at radius 3 is 2.29 bits per heavy atom. The Balaban J connectivity index is 1.75. The standard InChI is InChI=1S/C26H26FNO6/c1-28(2)25(29)17-32-21-12-19(13-22(15-21)34-20-6-4-3-5-7-20)16-33-24-10-8-18(14-23(24)27)9-11-26(30)31/h3-8,10,12-15H,9,11,16-17H2,1-2H3,(H,30,31). The summed E-state index contributed by atoms with van der Waals surface area (Å²) in [6, 6.07) is 18.7. The third kappa shape index (κ3) is 7.51. The largest absolute Gasteiger partial charge is 0.486 e. The predicted octanol–water partition coefficient (Wildman–Crippen LogP) is 4.68. The van der Waals surface area contributed by atoms with E-state index in [2.05, 4.69) is 0 Å². The van der Waals surface area contributed by atoms with Crippen molar-refractivity contribution in [3.8, 4) is 23.0 Å². The van der Waals surface area contributed by atoms with Crippen molar-refractivity contribution in [1.29, 1.82) is 0 Å². The van der Waals surface area contributed by atoms with Crippen LogP contribution in [-0.4, -0.2) is 42.6 Å². The highest BCUT2D eigenvalue weighted by atomic mass is 19.1. The number of likely N-dealkylation sites (N-methyl/N-ethyl adjacent to an activating group) is 1. The molecule has 1 amide bonds. The van der Waals surface area contributed by atoms with E-state index in [1.807, 2.05) is 18.2 Å². The van der Waals surface area contributed by atoms with E-state index < -0.39 is 11.8 Å². The SMILES string of the molecule is CN(C)C(=O)COc1cc(COc2ccc(CCC(=O)O)cc2F)cc(Oc2ccccc2)c1. The van der Waals surface area contributed by atoms with Crippen LogP contribution in [0.4, 0.5) is 4.39 Å². The summed E-state index contributed by atoms with van der Waals surface area (Å²) >= 11 is 0. The predicted molar refractivity (Wildman–Crippen MR) is 124 cm³/mol. The van der Waals surface area contributed by atoms with Gasteiger partial charge in [0.1, 0.15) is 23.9 Å². The van der Waals surface area contributed by atoms with Crippen LogP contribution in [0.25, 0.3) is 0 Å².